The number of nitrogens with two attached hydrogens (primary N) is 1. The van der Waals surface area contributed by atoms with Gasteiger partial charge in [-0.2, -0.15) is 0 Å². The highest BCUT2D eigenvalue weighted by Crippen LogP contribution is 2.28. The lowest BCUT2D eigenvalue weighted by Crippen LogP contribution is -2.14. The first kappa shape index (κ1) is 17.6. The summed E-state index contributed by atoms with van der Waals surface area (Å²) in [6.07, 6.45) is 4.83. The molecular formula is C17H21N5O2. The molecule has 3 aromatic heterocycles. The molecule has 0 saturated heterocycles. The summed E-state index contributed by atoms with van der Waals surface area (Å²) in [5.41, 5.74) is 6.57. The van der Waals surface area contributed by atoms with Crippen LogP contribution in [0.1, 0.15) is 6.92 Å². The molecule has 4 N–H and O–H groups in total. The predicted molar refractivity (Wildman–Crippen MR) is 94.3 cm³/mol. The number of rotatable bonds is 4. The molecule has 0 aliphatic carbocycles. The summed E-state index contributed by atoms with van der Waals surface area (Å²) in [7, 11) is 1.59. The monoisotopic (exact) mass is 327 g/mol. The van der Waals surface area contributed by atoms with E-state index >= 15 is 0 Å². The van der Waals surface area contributed by atoms with E-state index in [0.717, 1.165) is 22.4 Å². The molecule has 3 rings (SSSR count). The molecule has 0 fully saturated rings. The van der Waals surface area contributed by atoms with Crippen molar-refractivity contribution in [2.45, 2.75) is 13.0 Å². The van der Waals surface area contributed by atoms with Crippen LogP contribution in [0.25, 0.3) is 10.9 Å². The standard InChI is InChI=1S/C14H12N4O.C3H9NO/c1-19-14-13-10(5-8-17-14)11(6-9-16-13)18-12-4-2-3-7-15-12;1-3(5)2-4/h2-9H,1H3,(H,15,16,18);3,5H,2,4H2,1H3. The first-order chi connectivity index (χ1) is 11.7. The van der Waals surface area contributed by atoms with E-state index in [9.17, 15) is 0 Å². The number of pyridine rings is 3. The Hall–Kier alpha value is -2.77. The Bertz CT molecular complexity index is 765. The smallest absolute Gasteiger partial charge is 0.240 e. The fourth-order valence-electron chi connectivity index (χ4n) is 1.89. The van der Waals surface area contributed by atoms with Gasteiger partial charge in [0.1, 0.15) is 11.3 Å². The van der Waals surface area contributed by atoms with E-state index in [2.05, 4.69) is 20.3 Å². The van der Waals surface area contributed by atoms with E-state index in [0.29, 0.717) is 12.4 Å². The predicted octanol–water partition coefficient (Wildman–Crippen LogP) is 2.10. The van der Waals surface area contributed by atoms with Crippen LogP contribution in [0.3, 0.4) is 0 Å². The fraction of sp³-hybridized carbons (Fsp3) is 0.235. The van der Waals surface area contributed by atoms with Gasteiger partial charge in [-0.1, -0.05) is 6.07 Å². The number of nitrogens with one attached hydrogen (secondary N) is 1. The molecule has 0 aliphatic heterocycles. The number of ether oxygens (including phenoxy) is 1. The molecule has 3 aromatic rings. The summed E-state index contributed by atoms with van der Waals surface area (Å²) in [5.74, 6) is 1.30. The molecular weight excluding hydrogens is 306 g/mol. The maximum atomic E-state index is 8.24. The Morgan fingerprint density at radius 3 is 2.50 bits per heavy atom. The molecule has 126 valence electrons. The Balaban J connectivity index is 0.000000368. The lowest BCUT2D eigenvalue weighted by Gasteiger charge is -2.09. The average molecular weight is 327 g/mol. The number of hydrogen-bond donors (Lipinski definition) is 3. The van der Waals surface area contributed by atoms with Crippen molar-refractivity contribution in [2.75, 3.05) is 19.0 Å². The largest absolute Gasteiger partial charge is 0.479 e. The van der Waals surface area contributed by atoms with Gasteiger partial charge >= 0.3 is 0 Å². The molecule has 0 aromatic carbocycles. The number of methoxy groups -OCH3 is 1. The van der Waals surface area contributed by atoms with Crippen molar-refractivity contribution in [2.24, 2.45) is 5.73 Å². The molecule has 1 unspecified atom stereocenters. The molecule has 7 heteroatoms. The number of anilines is 2. The molecule has 0 spiro atoms. The van der Waals surface area contributed by atoms with Gasteiger partial charge in [-0.15, -0.1) is 0 Å². The van der Waals surface area contributed by atoms with Crippen LogP contribution in [-0.4, -0.2) is 39.8 Å². The van der Waals surface area contributed by atoms with Gasteiger partial charge in [0.2, 0.25) is 5.88 Å². The van der Waals surface area contributed by atoms with Crippen LogP contribution >= 0.6 is 0 Å². The van der Waals surface area contributed by atoms with Crippen LogP contribution in [0, 0.1) is 0 Å². The summed E-state index contributed by atoms with van der Waals surface area (Å²) in [5, 5.41) is 12.4. The maximum absolute atomic E-state index is 8.24. The second-order valence-electron chi connectivity index (χ2n) is 5.00. The number of aliphatic hydroxyl groups is 1. The zero-order valence-electron chi connectivity index (χ0n) is 13.7. The normalized spacial score (nSPS) is 11.3. The van der Waals surface area contributed by atoms with Gasteiger partial charge in [0.25, 0.3) is 0 Å². The van der Waals surface area contributed by atoms with Crippen molar-refractivity contribution >= 4 is 22.4 Å². The van der Waals surface area contributed by atoms with E-state index in [1.54, 1.807) is 32.6 Å². The minimum Gasteiger partial charge on any atom is -0.479 e. The molecule has 24 heavy (non-hydrogen) atoms. The second kappa shape index (κ2) is 8.76. The van der Waals surface area contributed by atoms with E-state index in [-0.39, 0.29) is 6.10 Å². The molecule has 0 radical (unpaired) electrons. The second-order valence-corrected chi connectivity index (χ2v) is 5.00. The summed E-state index contributed by atoms with van der Waals surface area (Å²) in [6, 6.07) is 9.51. The van der Waals surface area contributed by atoms with Crippen molar-refractivity contribution in [3.05, 3.63) is 48.9 Å². The lowest BCUT2D eigenvalue weighted by atomic mass is 10.2. The van der Waals surface area contributed by atoms with Gasteiger partial charge in [0, 0.05) is 30.5 Å². The average Bonchev–Trinajstić information content (AvgIpc) is 2.63. The van der Waals surface area contributed by atoms with Crippen molar-refractivity contribution < 1.29 is 9.84 Å². The molecule has 3 heterocycles. The number of nitrogens with zero attached hydrogens (tertiary/aromatic N) is 3. The zero-order chi connectivity index (χ0) is 17.4. The Kier molecular flexibility index (Phi) is 6.41. The van der Waals surface area contributed by atoms with Crippen LogP contribution in [0.4, 0.5) is 11.5 Å². The zero-order valence-corrected chi connectivity index (χ0v) is 13.7. The summed E-state index contributed by atoms with van der Waals surface area (Å²) in [6.45, 7) is 2.01. The Morgan fingerprint density at radius 2 is 1.88 bits per heavy atom. The van der Waals surface area contributed by atoms with E-state index in [1.807, 2.05) is 30.3 Å². The Labute approximate surface area is 140 Å². The fourth-order valence-corrected chi connectivity index (χ4v) is 1.89. The number of fused-ring (bicyclic) bond motifs is 1. The molecule has 0 amide bonds. The van der Waals surface area contributed by atoms with E-state index < -0.39 is 0 Å². The minimum absolute atomic E-state index is 0.338. The SMILES string of the molecule is CC(O)CN.COc1nccc2c(Nc3ccccn3)ccnc12. The topological polar surface area (TPSA) is 106 Å². The van der Waals surface area contributed by atoms with Crippen LogP contribution in [-0.2, 0) is 0 Å². The third-order valence-corrected chi connectivity index (χ3v) is 3.09. The van der Waals surface area contributed by atoms with E-state index in [1.165, 1.54) is 0 Å². The highest BCUT2D eigenvalue weighted by molar-refractivity contribution is 5.94. The summed E-state index contributed by atoms with van der Waals surface area (Å²) < 4.78 is 5.22. The van der Waals surface area contributed by atoms with Crippen LogP contribution < -0.4 is 15.8 Å². The van der Waals surface area contributed by atoms with Crippen LogP contribution in [0.2, 0.25) is 0 Å². The maximum Gasteiger partial charge on any atom is 0.240 e. The molecule has 0 saturated carbocycles. The quantitative estimate of drug-likeness (QED) is 0.673. The van der Waals surface area contributed by atoms with Crippen LogP contribution in [0.5, 0.6) is 5.88 Å². The molecule has 0 bridgehead atoms. The van der Waals surface area contributed by atoms with Gasteiger partial charge in [0.15, 0.2) is 0 Å². The van der Waals surface area contributed by atoms with Gasteiger partial charge < -0.3 is 20.9 Å². The van der Waals surface area contributed by atoms with Crippen LogP contribution in [0.15, 0.2) is 48.9 Å². The van der Waals surface area contributed by atoms with E-state index in [4.69, 9.17) is 15.6 Å². The summed E-state index contributed by atoms with van der Waals surface area (Å²) >= 11 is 0. The number of hydrogen-bond acceptors (Lipinski definition) is 7. The van der Waals surface area contributed by atoms with Crippen molar-refractivity contribution in [1.29, 1.82) is 0 Å². The van der Waals surface area contributed by atoms with Crippen molar-refractivity contribution in [3.8, 4) is 5.88 Å². The van der Waals surface area contributed by atoms with Gasteiger partial charge in [-0.25, -0.2) is 9.97 Å². The Morgan fingerprint density at radius 1 is 1.12 bits per heavy atom. The third-order valence-electron chi connectivity index (χ3n) is 3.09. The number of aromatic nitrogens is 3. The van der Waals surface area contributed by atoms with Gasteiger partial charge in [0.05, 0.1) is 18.9 Å². The van der Waals surface area contributed by atoms with Crippen molar-refractivity contribution in [3.63, 3.8) is 0 Å². The molecule has 7 nitrogen and oxygen atoms in total. The number of aliphatic hydroxyl groups excluding tert-OH is 1. The summed E-state index contributed by atoms with van der Waals surface area (Å²) in [4.78, 5) is 12.7. The first-order valence-corrected chi connectivity index (χ1v) is 7.49. The molecule has 0 aliphatic rings. The van der Waals surface area contributed by atoms with Crippen molar-refractivity contribution in [1.82, 2.24) is 15.0 Å². The van der Waals surface area contributed by atoms with Gasteiger partial charge in [-0.05, 0) is 31.2 Å². The molecule has 1 atom stereocenters. The lowest BCUT2D eigenvalue weighted by molar-refractivity contribution is 0.203. The minimum atomic E-state index is -0.338. The highest BCUT2D eigenvalue weighted by atomic mass is 16.5. The highest BCUT2D eigenvalue weighted by Gasteiger charge is 2.07. The first-order valence-electron chi connectivity index (χ1n) is 7.49. The third kappa shape index (κ3) is 4.61. The van der Waals surface area contributed by atoms with Gasteiger partial charge in [-0.3, -0.25) is 4.98 Å².